The molecule has 0 N–H and O–H groups in total. The predicted octanol–water partition coefficient (Wildman–Crippen LogP) is 8.95. The minimum Gasteiger partial charge on any atom is -0.418 e. The Morgan fingerprint density at radius 3 is 0.957 bits per heavy atom. The molecule has 3 aromatic heterocycles. The van der Waals surface area contributed by atoms with Crippen LogP contribution in [0.4, 0.5) is 17.3 Å². The van der Waals surface area contributed by atoms with E-state index in [4.69, 9.17) is 0 Å². The fourth-order valence-electron chi connectivity index (χ4n) is 3.82. The second kappa shape index (κ2) is 23.2. The van der Waals surface area contributed by atoms with Gasteiger partial charge in [0.25, 0.3) is 0 Å². The summed E-state index contributed by atoms with van der Waals surface area (Å²) in [6, 6.07) is 42.4. The van der Waals surface area contributed by atoms with E-state index in [2.05, 4.69) is 107 Å². The molecule has 6 aromatic rings. The molecule has 3 nitrogen and oxygen atoms in total. The summed E-state index contributed by atoms with van der Waals surface area (Å²) in [5.74, 6) is 0. The predicted molar refractivity (Wildman–Crippen MR) is 188 cm³/mol. The van der Waals surface area contributed by atoms with E-state index >= 15 is 0 Å². The Labute approximate surface area is 287 Å². The van der Waals surface area contributed by atoms with Crippen LogP contribution in [0.25, 0.3) is 0 Å². The number of halogens is 4. The maximum absolute atomic E-state index is 9.75. The second-order valence-electron chi connectivity index (χ2n) is 9.99. The molecule has 0 fully saturated rings. The van der Waals surface area contributed by atoms with E-state index in [0.29, 0.717) is 0 Å². The summed E-state index contributed by atoms with van der Waals surface area (Å²) in [6.07, 6.45) is 10.7. The molecule has 0 saturated heterocycles. The van der Waals surface area contributed by atoms with E-state index in [1.165, 1.54) is 38.2 Å². The maximum atomic E-state index is 9.75. The van der Waals surface area contributed by atoms with Crippen molar-refractivity contribution in [2.45, 2.75) is 27.7 Å². The number of aromatic nitrogens is 3. The molecule has 248 valence electrons. The standard InChI is InChI=1S/C19H17P.3C6H7N.BF4.Cu/c1-16-10-8-9-15-19(16)20(17-11-4-2-5-12-17)18-13-6-3-7-14-18;3*1-6-2-4-7-5-3-6;2-1(3,4)5;/h2-15H,1H3;3*2-5H,1H3;;/q;;;;-1;+1/p+1. The Hall–Kier alpha value is -4.16. The third kappa shape index (κ3) is 19.2. The molecule has 0 aliphatic heterocycles. The number of rotatable bonds is 3. The molecule has 3 heterocycles. The minimum atomic E-state index is -6.00. The van der Waals surface area contributed by atoms with Gasteiger partial charge < -0.3 is 17.3 Å². The zero-order valence-corrected chi connectivity index (χ0v) is 28.7. The second-order valence-corrected chi connectivity index (χ2v) is 12.4. The summed E-state index contributed by atoms with van der Waals surface area (Å²) in [4.78, 5) is 11.5. The van der Waals surface area contributed by atoms with Gasteiger partial charge in [0, 0.05) is 37.2 Å². The van der Waals surface area contributed by atoms with Crippen molar-refractivity contribution in [2.75, 3.05) is 0 Å². The van der Waals surface area contributed by atoms with Crippen molar-refractivity contribution in [1.29, 1.82) is 0 Å². The molecule has 0 amide bonds. The van der Waals surface area contributed by atoms with Gasteiger partial charge >= 0.3 is 24.3 Å². The fraction of sp³-hybridized carbons (Fsp3) is 0.108. The first-order valence-corrected chi connectivity index (χ1v) is 16.1. The summed E-state index contributed by atoms with van der Waals surface area (Å²) >= 11 is 0. The number of benzene rings is 3. The van der Waals surface area contributed by atoms with E-state index in [9.17, 15) is 17.3 Å². The van der Waals surface area contributed by atoms with Gasteiger partial charge in [0.1, 0.15) is 15.9 Å². The smallest absolute Gasteiger partial charge is 0.418 e. The van der Waals surface area contributed by atoms with Crippen molar-refractivity contribution in [2.24, 2.45) is 0 Å². The van der Waals surface area contributed by atoms with Crippen LogP contribution in [0.5, 0.6) is 0 Å². The molecular formula is C37H39BCuF4N3P+. The van der Waals surface area contributed by atoms with Crippen molar-refractivity contribution >= 4 is 31.1 Å². The summed E-state index contributed by atoms with van der Waals surface area (Å²) < 4.78 is 39.0. The van der Waals surface area contributed by atoms with Crippen LogP contribution in [-0.4, -0.2) is 22.2 Å². The first kappa shape index (κ1) is 40.9. The van der Waals surface area contributed by atoms with Crippen LogP contribution in [0.1, 0.15) is 22.3 Å². The first-order chi connectivity index (χ1) is 22.0. The zero-order valence-electron chi connectivity index (χ0n) is 26.7. The van der Waals surface area contributed by atoms with E-state index in [0.717, 1.165) is 0 Å². The van der Waals surface area contributed by atoms with Crippen molar-refractivity contribution in [3.05, 3.63) is 181 Å². The number of hydrogen-bond donors (Lipinski definition) is 0. The number of pyridine rings is 3. The molecule has 0 aliphatic carbocycles. The van der Waals surface area contributed by atoms with Crippen LogP contribution >= 0.6 is 7.92 Å². The van der Waals surface area contributed by atoms with Gasteiger partial charge in [-0.3, -0.25) is 15.0 Å². The molecule has 10 heteroatoms. The van der Waals surface area contributed by atoms with Crippen LogP contribution in [0.3, 0.4) is 0 Å². The largest absolute Gasteiger partial charge is 1.00 e. The Morgan fingerprint density at radius 2 is 0.702 bits per heavy atom. The van der Waals surface area contributed by atoms with Crippen molar-refractivity contribution in [1.82, 2.24) is 15.0 Å². The molecule has 6 rings (SSSR count). The van der Waals surface area contributed by atoms with Gasteiger partial charge in [-0.1, -0.05) is 54.6 Å². The molecule has 0 saturated carbocycles. The van der Waals surface area contributed by atoms with Gasteiger partial charge in [-0.2, -0.15) is 0 Å². The molecule has 47 heavy (non-hydrogen) atoms. The summed E-state index contributed by atoms with van der Waals surface area (Å²) in [5, 5.41) is 4.37. The number of aryl methyl sites for hydroxylation is 4. The van der Waals surface area contributed by atoms with Crippen LogP contribution in [0.2, 0.25) is 0 Å². The average molecular weight is 707 g/mol. The molecular weight excluding hydrogens is 668 g/mol. The minimum absolute atomic E-state index is 0. The summed E-state index contributed by atoms with van der Waals surface area (Å²) in [6.45, 7) is 8.34. The van der Waals surface area contributed by atoms with Gasteiger partial charge in [0.2, 0.25) is 0 Å². The monoisotopic (exact) mass is 706 g/mol. The van der Waals surface area contributed by atoms with Crippen LogP contribution in [0.15, 0.2) is 159 Å². The third-order valence-electron chi connectivity index (χ3n) is 6.08. The van der Waals surface area contributed by atoms with Crippen molar-refractivity contribution in [3.8, 4) is 0 Å². The van der Waals surface area contributed by atoms with Gasteiger partial charge in [0.15, 0.2) is 0 Å². The quantitative estimate of drug-likeness (QED) is 0.105. The van der Waals surface area contributed by atoms with Gasteiger partial charge in [-0.05, 0) is 117 Å². The summed E-state index contributed by atoms with van der Waals surface area (Å²) in [5.41, 5.74) is 5.16. The molecule has 3 aromatic carbocycles. The van der Waals surface area contributed by atoms with E-state index < -0.39 is 15.2 Å². The van der Waals surface area contributed by atoms with E-state index in [1.54, 1.807) is 37.2 Å². The summed E-state index contributed by atoms with van der Waals surface area (Å²) in [7, 11) is -6.91. The average Bonchev–Trinajstić information content (AvgIpc) is 3.05. The Morgan fingerprint density at radius 1 is 0.426 bits per heavy atom. The normalized spacial score (nSPS) is 9.72. The first-order valence-electron chi connectivity index (χ1n) is 14.6. The van der Waals surface area contributed by atoms with Crippen LogP contribution in [0, 0.1) is 27.7 Å². The number of hydrogen-bond acceptors (Lipinski definition) is 3. The Balaban J connectivity index is 0.000000337. The van der Waals surface area contributed by atoms with Crippen LogP contribution < -0.4 is 15.9 Å². The maximum Gasteiger partial charge on any atom is 1.00 e. The zero-order chi connectivity index (χ0) is 33.6. The topological polar surface area (TPSA) is 38.7 Å². The molecule has 0 spiro atoms. The Kier molecular flexibility index (Phi) is 20.2. The van der Waals surface area contributed by atoms with Crippen molar-refractivity contribution in [3.63, 3.8) is 0 Å². The Bertz CT molecular complexity index is 1490. The molecule has 0 atom stereocenters. The van der Waals surface area contributed by atoms with Gasteiger partial charge in [-0.15, -0.1) is 0 Å². The molecule has 0 radical (unpaired) electrons. The van der Waals surface area contributed by atoms with Gasteiger partial charge in [-0.25, -0.2) is 0 Å². The van der Waals surface area contributed by atoms with Gasteiger partial charge in [0.05, 0.1) is 7.92 Å². The van der Waals surface area contributed by atoms with Crippen LogP contribution in [-0.2, 0) is 17.1 Å². The molecule has 0 aliphatic rings. The molecule has 0 unspecified atom stereocenters. The third-order valence-corrected chi connectivity index (χ3v) is 9.00. The molecule has 0 bridgehead atoms. The van der Waals surface area contributed by atoms with Crippen molar-refractivity contribution < 1.29 is 34.3 Å². The van der Waals surface area contributed by atoms with E-state index in [-0.39, 0.29) is 17.1 Å². The van der Waals surface area contributed by atoms with E-state index in [1.807, 2.05) is 57.2 Å². The SMILES string of the molecule is Cc1ccccc1[PH+](c1ccccc1)c1ccccc1.Cc1ccncc1.Cc1ccncc1.Cc1ccncc1.F[B-](F)(F)F.[Cu+]. The fourth-order valence-corrected chi connectivity index (χ4v) is 6.57. The number of nitrogens with zero attached hydrogens (tertiary/aromatic N) is 3.